The molecule has 0 bridgehead atoms. The van der Waals surface area contributed by atoms with Crippen molar-refractivity contribution < 1.29 is 4.74 Å². The van der Waals surface area contributed by atoms with Crippen LogP contribution >= 0.6 is 0 Å². The molecular weight excluding hydrogens is 172 g/mol. The number of hydrogen-bond donors (Lipinski definition) is 0. The predicted molar refractivity (Wildman–Crippen MR) is 59.3 cm³/mol. The number of hydrogen-bond acceptors (Lipinski definition) is 1. The van der Waals surface area contributed by atoms with Gasteiger partial charge in [-0.2, -0.15) is 0 Å². The summed E-state index contributed by atoms with van der Waals surface area (Å²) in [6.07, 6.45) is 11.9. The molecule has 0 spiro atoms. The van der Waals surface area contributed by atoms with Crippen molar-refractivity contribution >= 4 is 0 Å². The van der Waals surface area contributed by atoms with Crippen LogP contribution in [-0.2, 0) is 4.74 Å². The molecule has 0 aromatic carbocycles. The fourth-order valence-corrected chi connectivity index (χ4v) is 3.36. The maximum atomic E-state index is 6.00. The third-order valence-corrected chi connectivity index (χ3v) is 4.05. The van der Waals surface area contributed by atoms with Gasteiger partial charge in [-0.3, -0.25) is 0 Å². The largest absolute Gasteiger partial charge is 0.378 e. The standard InChI is InChI=1S/C13H24O/c1-2-10-14-13-9-5-7-11-6-3-4-8-12(11)13/h11-13H,2-10H2,1H3/t11?,12?,13-/m0/s1. The third-order valence-electron chi connectivity index (χ3n) is 4.05. The highest BCUT2D eigenvalue weighted by molar-refractivity contribution is 4.85. The van der Waals surface area contributed by atoms with Crippen molar-refractivity contribution in [3.8, 4) is 0 Å². The van der Waals surface area contributed by atoms with E-state index in [0.29, 0.717) is 6.10 Å². The Morgan fingerprint density at radius 1 is 1.00 bits per heavy atom. The van der Waals surface area contributed by atoms with E-state index in [2.05, 4.69) is 6.92 Å². The van der Waals surface area contributed by atoms with E-state index in [1.807, 2.05) is 0 Å². The van der Waals surface area contributed by atoms with Gasteiger partial charge in [0.15, 0.2) is 0 Å². The summed E-state index contributed by atoms with van der Waals surface area (Å²) >= 11 is 0. The van der Waals surface area contributed by atoms with Gasteiger partial charge in [0.05, 0.1) is 6.10 Å². The zero-order valence-electron chi connectivity index (χ0n) is 9.50. The third kappa shape index (κ3) is 2.31. The fraction of sp³-hybridized carbons (Fsp3) is 1.00. The molecule has 0 saturated heterocycles. The van der Waals surface area contributed by atoms with Gasteiger partial charge in [-0.15, -0.1) is 0 Å². The molecular formula is C13H24O. The molecule has 2 aliphatic carbocycles. The lowest BCUT2D eigenvalue weighted by molar-refractivity contribution is -0.0464. The number of rotatable bonds is 3. The molecule has 0 heterocycles. The zero-order valence-corrected chi connectivity index (χ0v) is 9.50. The minimum absolute atomic E-state index is 0.619. The van der Waals surface area contributed by atoms with Gasteiger partial charge in [0.2, 0.25) is 0 Å². The average Bonchev–Trinajstić information content (AvgIpc) is 2.26. The molecule has 0 aliphatic heterocycles. The molecule has 0 aromatic heterocycles. The quantitative estimate of drug-likeness (QED) is 0.667. The molecule has 1 nitrogen and oxygen atoms in total. The smallest absolute Gasteiger partial charge is 0.0605 e. The van der Waals surface area contributed by atoms with Crippen LogP contribution in [0.2, 0.25) is 0 Å². The SMILES string of the molecule is CCCO[C@H]1CCCC2CCCCC21. The normalized spacial score (nSPS) is 37.9. The predicted octanol–water partition coefficient (Wildman–Crippen LogP) is 3.77. The minimum Gasteiger partial charge on any atom is -0.378 e. The Morgan fingerprint density at radius 3 is 2.64 bits per heavy atom. The van der Waals surface area contributed by atoms with Crippen LogP contribution < -0.4 is 0 Å². The minimum atomic E-state index is 0.619. The van der Waals surface area contributed by atoms with E-state index in [1.54, 1.807) is 0 Å². The first-order chi connectivity index (χ1) is 6.92. The van der Waals surface area contributed by atoms with Gasteiger partial charge in [-0.05, 0) is 37.5 Å². The molecule has 0 aromatic rings. The topological polar surface area (TPSA) is 9.23 Å². The van der Waals surface area contributed by atoms with Crippen molar-refractivity contribution in [1.82, 2.24) is 0 Å². The first kappa shape index (κ1) is 10.5. The van der Waals surface area contributed by atoms with Crippen LogP contribution in [0.3, 0.4) is 0 Å². The van der Waals surface area contributed by atoms with Gasteiger partial charge in [0.25, 0.3) is 0 Å². The first-order valence-corrected chi connectivity index (χ1v) is 6.53. The maximum Gasteiger partial charge on any atom is 0.0605 e. The molecule has 2 aliphatic rings. The van der Waals surface area contributed by atoms with Crippen LogP contribution in [0.4, 0.5) is 0 Å². The van der Waals surface area contributed by atoms with Crippen molar-refractivity contribution in [3.63, 3.8) is 0 Å². The molecule has 14 heavy (non-hydrogen) atoms. The monoisotopic (exact) mass is 196 g/mol. The van der Waals surface area contributed by atoms with Gasteiger partial charge < -0.3 is 4.74 Å². The van der Waals surface area contributed by atoms with Crippen LogP contribution in [0.5, 0.6) is 0 Å². The number of fused-ring (bicyclic) bond motifs is 1. The van der Waals surface area contributed by atoms with Crippen molar-refractivity contribution in [3.05, 3.63) is 0 Å². The van der Waals surface area contributed by atoms with Gasteiger partial charge in [0, 0.05) is 6.61 Å². The second-order valence-electron chi connectivity index (χ2n) is 5.05. The Morgan fingerprint density at radius 2 is 1.79 bits per heavy atom. The van der Waals surface area contributed by atoms with E-state index in [1.165, 1.54) is 51.4 Å². The molecule has 3 atom stereocenters. The second kappa shape index (κ2) is 5.16. The van der Waals surface area contributed by atoms with Crippen LogP contribution in [0.15, 0.2) is 0 Å². The highest BCUT2D eigenvalue weighted by Crippen LogP contribution is 2.41. The molecule has 0 N–H and O–H groups in total. The van der Waals surface area contributed by atoms with Gasteiger partial charge in [-0.25, -0.2) is 0 Å². The van der Waals surface area contributed by atoms with Gasteiger partial charge >= 0.3 is 0 Å². The van der Waals surface area contributed by atoms with Crippen molar-refractivity contribution in [2.75, 3.05) is 6.61 Å². The Hall–Kier alpha value is -0.0400. The average molecular weight is 196 g/mol. The summed E-state index contributed by atoms with van der Waals surface area (Å²) in [7, 11) is 0. The lowest BCUT2D eigenvalue weighted by Crippen LogP contribution is -2.36. The molecule has 2 unspecified atom stereocenters. The van der Waals surface area contributed by atoms with Crippen molar-refractivity contribution in [2.45, 2.75) is 64.4 Å². The van der Waals surface area contributed by atoms with Crippen molar-refractivity contribution in [2.24, 2.45) is 11.8 Å². The van der Waals surface area contributed by atoms with Crippen LogP contribution in [-0.4, -0.2) is 12.7 Å². The summed E-state index contributed by atoms with van der Waals surface area (Å²) in [6, 6.07) is 0. The molecule has 2 fully saturated rings. The van der Waals surface area contributed by atoms with Gasteiger partial charge in [0.1, 0.15) is 0 Å². The summed E-state index contributed by atoms with van der Waals surface area (Å²) in [5.74, 6) is 1.93. The van der Waals surface area contributed by atoms with E-state index in [9.17, 15) is 0 Å². The summed E-state index contributed by atoms with van der Waals surface area (Å²) in [6.45, 7) is 3.19. The van der Waals surface area contributed by atoms with E-state index >= 15 is 0 Å². The second-order valence-corrected chi connectivity index (χ2v) is 5.05. The van der Waals surface area contributed by atoms with Crippen LogP contribution in [0.25, 0.3) is 0 Å². The molecule has 1 heteroatoms. The highest BCUT2D eigenvalue weighted by atomic mass is 16.5. The Balaban J connectivity index is 1.88. The van der Waals surface area contributed by atoms with E-state index in [4.69, 9.17) is 4.74 Å². The maximum absolute atomic E-state index is 6.00. The lowest BCUT2D eigenvalue weighted by Gasteiger charge is -2.41. The lowest BCUT2D eigenvalue weighted by atomic mass is 9.69. The molecule has 82 valence electrons. The summed E-state index contributed by atoms with van der Waals surface area (Å²) in [5, 5.41) is 0. The summed E-state index contributed by atoms with van der Waals surface area (Å²) in [4.78, 5) is 0. The molecule has 0 amide bonds. The molecule has 0 radical (unpaired) electrons. The van der Waals surface area contributed by atoms with Crippen LogP contribution in [0, 0.1) is 11.8 Å². The van der Waals surface area contributed by atoms with E-state index in [0.717, 1.165) is 18.4 Å². The molecule has 2 rings (SSSR count). The first-order valence-electron chi connectivity index (χ1n) is 6.53. The van der Waals surface area contributed by atoms with E-state index < -0.39 is 0 Å². The Kier molecular flexibility index (Phi) is 3.86. The van der Waals surface area contributed by atoms with Crippen LogP contribution in [0.1, 0.15) is 58.3 Å². The van der Waals surface area contributed by atoms with Crippen molar-refractivity contribution in [1.29, 1.82) is 0 Å². The molecule has 2 saturated carbocycles. The fourth-order valence-electron chi connectivity index (χ4n) is 3.36. The zero-order chi connectivity index (χ0) is 9.80. The summed E-state index contributed by atoms with van der Waals surface area (Å²) in [5.41, 5.74) is 0. The Labute approximate surface area is 88.2 Å². The summed E-state index contributed by atoms with van der Waals surface area (Å²) < 4.78 is 6.00. The highest BCUT2D eigenvalue weighted by Gasteiger charge is 2.34. The Bertz CT molecular complexity index is 165. The van der Waals surface area contributed by atoms with Gasteiger partial charge in [-0.1, -0.05) is 32.6 Å². The van der Waals surface area contributed by atoms with E-state index in [-0.39, 0.29) is 0 Å². The number of ether oxygens (including phenoxy) is 1.